The second kappa shape index (κ2) is 3.51. The minimum atomic E-state index is 0.990. The fraction of sp³-hybridized carbons (Fsp3) is 0.0526. The summed E-state index contributed by atoms with van der Waals surface area (Å²) in [7, 11) is 0. The van der Waals surface area contributed by atoms with Crippen molar-refractivity contribution >= 4 is 21.5 Å². The minimum absolute atomic E-state index is 0.990. The number of hydrogen-bond acceptors (Lipinski definition) is 1. The molecule has 0 fully saturated rings. The van der Waals surface area contributed by atoms with Crippen LogP contribution in [0.15, 0.2) is 65.3 Å². The van der Waals surface area contributed by atoms with Crippen LogP contribution in [0.3, 0.4) is 0 Å². The van der Waals surface area contributed by atoms with Crippen LogP contribution in [0.25, 0.3) is 32.9 Å². The van der Waals surface area contributed by atoms with Crippen LogP contribution in [0.5, 0.6) is 0 Å². The molecule has 1 aliphatic rings. The third kappa shape index (κ3) is 1.22. The predicted molar refractivity (Wildman–Crippen MR) is 82.0 cm³/mol. The molecule has 0 spiro atoms. The van der Waals surface area contributed by atoms with E-state index in [2.05, 4.69) is 54.6 Å². The third-order valence-electron chi connectivity index (χ3n) is 4.33. The van der Waals surface area contributed by atoms with Crippen LogP contribution in [0.4, 0.5) is 0 Å². The summed E-state index contributed by atoms with van der Waals surface area (Å²) in [4.78, 5) is 0. The summed E-state index contributed by atoms with van der Waals surface area (Å²) < 4.78 is 5.72. The lowest BCUT2D eigenvalue weighted by Gasteiger charge is -2.07. The fourth-order valence-corrected chi connectivity index (χ4v) is 3.37. The van der Waals surface area contributed by atoms with Gasteiger partial charge >= 0.3 is 0 Å². The first-order chi connectivity index (χ1) is 9.90. The monoisotopic (exact) mass is 256 g/mol. The van der Waals surface area contributed by atoms with E-state index in [1.165, 1.54) is 38.2 Å². The van der Waals surface area contributed by atoms with E-state index in [-0.39, 0.29) is 0 Å². The van der Waals surface area contributed by atoms with Crippen LogP contribution in [0.1, 0.15) is 11.1 Å². The molecule has 1 aromatic heterocycles. The van der Waals surface area contributed by atoms with Gasteiger partial charge in [-0.3, -0.25) is 0 Å². The summed E-state index contributed by atoms with van der Waals surface area (Å²) in [6.07, 6.45) is 2.79. The fourth-order valence-electron chi connectivity index (χ4n) is 3.37. The van der Waals surface area contributed by atoms with Crippen LogP contribution < -0.4 is 0 Å². The van der Waals surface area contributed by atoms with Gasteiger partial charge in [-0.2, -0.15) is 0 Å². The zero-order valence-corrected chi connectivity index (χ0v) is 10.9. The Hall–Kier alpha value is -2.54. The van der Waals surface area contributed by atoms with Gasteiger partial charge in [0, 0.05) is 17.5 Å². The summed E-state index contributed by atoms with van der Waals surface area (Å²) in [5.74, 6) is 1.06. The van der Waals surface area contributed by atoms with Crippen molar-refractivity contribution in [3.8, 4) is 11.3 Å². The Kier molecular flexibility index (Phi) is 1.80. The van der Waals surface area contributed by atoms with E-state index >= 15 is 0 Å². The van der Waals surface area contributed by atoms with Gasteiger partial charge in [0.05, 0.1) is 6.26 Å². The molecule has 94 valence electrons. The maximum atomic E-state index is 5.72. The number of fused-ring (bicyclic) bond motifs is 6. The lowest BCUT2D eigenvalue weighted by molar-refractivity contribution is 0.583. The van der Waals surface area contributed by atoms with Gasteiger partial charge < -0.3 is 4.42 Å². The Labute approximate surface area is 116 Å². The molecule has 1 nitrogen and oxygen atoms in total. The van der Waals surface area contributed by atoms with E-state index in [9.17, 15) is 0 Å². The summed E-state index contributed by atoms with van der Waals surface area (Å²) in [6.45, 7) is 0. The normalized spacial score (nSPS) is 12.8. The highest BCUT2D eigenvalue weighted by Crippen LogP contribution is 2.42. The van der Waals surface area contributed by atoms with Crippen LogP contribution in [0, 0.1) is 0 Å². The molecule has 4 aromatic rings. The molecule has 0 saturated heterocycles. The van der Waals surface area contributed by atoms with Gasteiger partial charge in [0.25, 0.3) is 0 Å². The molecular formula is C19H12O. The predicted octanol–water partition coefficient (Wildman–Crippen LogP) is 5.16. The van der Waals surface area contributed by atoms with E-state index < -0.39 is 0 Å². The highest BCUT2D eigenvalue weighted by molar-refractivity contribution is 6.06. The maximum absolute atomic E-state index is 5.72. The molecule has 0 unspecified atom stereocenters. The van der Waals surface area contributed by atoms with Gasteiger partial charge in [-0.1, -0.05) is 36.4 Å². The molecule has 20 heavy (non-hydrogen) atoms. The number of hydrogen-bond donors (Lipinski definition) is 0. The topological polar surface area (TPSA) is 13.1 Å². The molecule has 0 N–H and O–H groups in total. The van der Waals surface area contributed by atoms with Gasteiger partial charge in [-0.25, -0.2) is 0 Å². The second-order valence-corrected chi connectivity index (χ2v) is 5.47. The smallest absolute Gasteiger partial charge is 0.138 e. The Morgan fingerprint density at radius 1 is 0.750 bits per heavy atom. The first-order valence-electron chi connectivity index (χ1n) is 6.91. The van der Waals surface area contributed by atoms with E-state index in [4.69, 9.17) is 4.42 Å². The quantitative estimate of drug-likeness (QED) is 0.349. The standard InChI is InChI=1S/C19H12O/c1-2-4-13-11-17-14(9-12(13)3-1)5-6-15-10-16-7-8-20-19(16)18(15)17/h1-9,11H,10H2. The average Bonchev–Trinajstić information content (AvgIpc) is 3.05. The van der Waals surface area contributed by atoms with Crippen molar-refractivity contribution in [2.75, 3.05) is 0 Å². The number of rotatable bonds is 0. The Bertz CT molecular complexity index is 976. The number of benzene rings is 3. The van der Waals surface area contributed by atoms with Crippen molar-refractivity contribution in [3.63, 3.8) is 0 Å². The van der Waals surface area contributed by atoms with E-state index in [0.717, 1.165) is 12.2 Å². The zero-order valence-electron chi connectivity index (χ0n) is 10.9. The summed E-state index contributed by atoms with van der Waals surface area (Å²) in [5.41, 5.74) is 3.97. The van der Waals surface area contributed by atoms with Crippen LogP contribution in [-0.2, 0) is 6.42 Å². The van der Waals surface area contributed by atoms with Crippen molar-refractivity contribution in [2.45, 2.75) is 6.42 Å². The van der Waals surface area contributed by atoms with Gasteiger partial charge in [-0.15, -0.1) is 0 Å². The molecule has 0 saturated carbocycles. The third-order valence-corrected chi connectivity index (χ3v) is 4.33. The molecule has 1 heterocycles. The largest absolute Gasteiger partial charge is 0.464 e. The molecule has 0 amide bonds. The zero-order chi connectivity index (χ0) is 13.1. The van der Waals surface area contributed by atoms with E-state index in [1.54, 1.807) is 6.26 Å². The van der Waals surface area contributed by atoms with Crippen LogP contribution in [-0.4, -0.2) is 0 Å². The molecule has 5 rings (SSSR count). The van der Waals surface area contributed by atoms with Crippen molar-refractivity contribution < 1.29 is 4.42 Å². The molecule has 3 aromatic carbocycles. The second-order valence-electron chi connectivity index (χ2n) is 5.47. The maximum Gasteiger partial charge on any atom is 0.138 e. The highest BCUT2D eigenvalue weighted by atomic mass is 16.3. The molecule has 0 bridgehead atoms. The van der Waals surface area contributed by atoms with Crippen molar-refractivity contribution in [1.29, 1.82) is 0 Å². The first-order valence-corrected chi connectivity index (χ1v) is 6.91. The van der Waals surface area contributed by atoms with Gasteiger partial charge in [0.15, 0.2) is 0 Å². The first kappa shape index (κ1) is 10.3. The molecular weight excluding hydrogens is 244 g/mol. The van der Waals surface area contributed by atoms with Gasteiger partial charge in [0.2, 0.25) is 0 Å². The van der Waals surface area contributed by atoms with E-state index in [1.807, 2.05) is 0 Å². The molecule has 0 aliphatic heterocycles. The van der Waals surface area contributed by atoms with Crippen LogP contribution in [0.2, 0.25) is 0 Å². The Balaban J connectivity index is 1.97. The molecule has 1 aliphatic carbocycles. The Morgan fingerprint density at radius 3 is 2.50 bits per heavy atom. The molecule has 0 radical (unpaired) electrons. The van der Waals surface area contributed by atoms with Crippen LogP contribution >= 0.6 is 0 Å². The summed E-state index contributed by atoms with van der Waals surface area (Å²) in [6, 6.07) is 19.6. The summed E-state index contributed by atoms with van der Waals surface area (Å²) in [5, 5.41) is 5.16. The van der Waals surface area contributed by atoms with Crippen molar-refractivity contribution in [1.82, 2.24) is 0 Å². The SMILES string of the molecule is c1ccc2cc3c4c(ccc3cc2c1)Cc1ccoc1-4. The van der Waals surface area contributed by atoms with Crippen molar-refractivity contribution in [3.05, 3.63) is 72.0 Å². The van der Waals surface area contributed by atoms with Gasteiger partial charge in [-0.05, 0) is 45.3 Å². The van der Waals surface area contributed by atoms with E-state index in [0.29, 0.717) is 0 Å². The molecule has 1 heteroatoms. The van der Waals surface area contributed by atoms with Gasteiger partial charge in [0.1, 0.15) is 5.76 Å². The summed E-state index contributed by atoms with van der Waals surface area (Å²) >= 11 is 0. The lowest BCUT2D eigenvalue weighted by atomic mass is 9.97. The Morgan fingerprint density at radius 2 is 1.60 bits per heavy atom. The minimum Gasteiger partial charge on any atom is -0.464 e. The average molecular weight is 256 g/mol. The lowest BCUT2D eigenvalue weighted by Crippen LogP contribution is -1.84. The number of furan rings is 1. The van der Waals surface area contributed by atoms with Crippen molar-refractivity contribution in [2.24, 2.45) is 0 Å². The highest BCUT2D eigenvalue weighted by Gasteiger charge is 2.23. The molecule has 0 atom stereocenters.